The third-order valence-electron chi connectivity index (χ3n) is 3.13. The fourth-order valence-electron chi connectivity index (χ4n) is 2.38. The minimum Gasteiger partial charge on any atom is -0.464 e. The number of ether oxygens (including phenoxy) is 1. The van der Waals surface area contributed by atoms with Crippen LogP contribution in [0.3, 0.4) is 0 Å². The smallest absolute Gasteiger partial charge is 0.317 e. The van der Waals surface area contributed by atoms with E-state index in [1.54, 1.807) is 0 Å². The standard InChI is InChI=1S/C11H20N4O/c1-2-16-11-14-13-10(8-12)15(11)9-6-4-3-5-7-9/h9H,2-8,12H2,1H3. The molecule has 1 heterocycles. The van der Waals surface area contributed by atoms with Crippen LogP contribution in [0.1, 0.15) is 50.9 Å². The molecule has 1 aromatic heterocycles. The van der Waals surface area contributed by atoms with E-state index < -0.39 is 0 Å². The van der Waals surface area contributed by atoms with E-state index in [1.807, 2.05) is 6.92 Å². The summed E-state index contributed by atoms with van der Waals surface area (Å²) in [5.74, 6) is 0.843. The van der Waals surface area contributed by atoms with Gasteiger partial charge in [0.05, 0.1) is 13.2 Å². The van der Waals surface area contributed by atoms with E-state index in [0.717, 1.165) is 5.82 Å². The van der Waals surface area contributed by atoms with Crippen molar-refractivity contribution < 1.29 is 4.74 Å². The van der Waals surface area contributed by atoms with Gasteiger partial charge in [0.1, 0.15) is 5.82 Å². The van der Waals surface area contributed by atoms with Gasteiger partial charge in [-0.25, -0.2) is 0 Å². The van der Waals surface area contributed by atoms with Crippen LogP contribution in [0.2, 0.25) is 0 Å². The van der Waals surface area contributed by atoms with Crippen molar-refractivity contribution in [2.45, 2.75) is 51.6 Å². The molecule has 0 aliphatic heterocycles. The van der Waals surface area contributed by atoms with E-state index in [9.17, 15) is 0 Å². The largest absolute Gasteiger partial charge is 0.464 e. The number of aromatic nitrogens is 3. The van der Waals surface area contributed by atoms with Gasteiger partial charge in [-0.1, -0.05) is 24.4 Å². The van der Waals surface area contributed by atoms with Crippen LogP contribution in [-0.4, -0.2) is 21.4 Å². The Bertz CT molecular complexity index is 331. The summed E-state index contributed by atoms with van der Waals surface area (Å²) in [7, 11) is 0. The second kappa shape index (κ2) is 5.30. The van der Waals surface area contributed by atoms with Gasteiger partial charge in [0.25, 0.3) is 0 Å². The first-order chi connectivity index (χ1) is 7.86. The van der Waals surface area contributed by atoms with Gasteiger partial charge < -0.3 is 10.5 Å². The predicted octanol–water partition coefficient (Wildman–Crippen LogP) is 1.64. The van der Waals surface area contributed by atoms with Crippen LogP contribution in [0, 0.1) is 0 Å². The van der Waals surface area contributed by atoms with Crippen LogP contribution in [0.25, 0.3) is 0 Å². The topological polar surface area (TPSA) is 66.0 Å². The molecule has 1 saturated carbocycles. The van der Waals surface area contributed by atoms with Gasteiger partial charge in [0, 0.05) is 6.04 Å². The zero-order valence-electron chi connectivity index (χ0n) is 9.85. The molecule has 1 aromatic rings. The van der Waals surface area contributed by atoms with Gasteiger partial charge in [-0.3, -0.25) is 4.57 Å². The van der Waals surface area contributed by atoms with Crippen LogP contribution in [0.5, 0.6) is 6.01 Å². The molecule has 0 amide bonds. The van der Waals surface area contributed by atoms with Crippen molar-refractivity contribution in [3.8, 4) is 6.01 Å². The summed E-state index contributed by atoms with van der Waals surface area (Å²) in [6.07, 6.45) is 6.26. The molecule has 16 heavy (non-hydrogen) atoms. The summed E-state index contributed by atoms with van der Waals surface area (Å²) in [5.41, 5.74) is 5.69. The fourth-order valence-corrected chi connectivity index (χ4v) is 2.38. The molecule has 1 fully saturated rings. The molecule has 0 atom stereocenters. The Hall–Kier alpha value is -1.10. The van der Waals surface area contributed by atoms with Gasteiger partial charge in [-0.2, -0.15) is 0 Å². The molecule has 90 valence electrons. The molecule has 5 nitrogen and oxygen atoms in total. The fraction of sp³-hybridized carbons (Fsp3) is 0.818. The SMILES string of the molecule is CCOc1nnc(CN)n1C1CCCCC1. The lowest BCUT2D eigenvalue weighted by molar-refractivity contribution is 0.259. The number of hydrogen-bond donors (Lipinski definition) is 1. The highest BCUT2D eigenvalue weighted by molar-refractivity contribution is 5.04. The minimum absolute atomic E-state index is 0.427. The molecular formula is C11H20N4O. The summed E-state index contributed by atoms with van der Waals surface area (Å²) in [6.45, 7) is 3.01. The maximum Gasteiger partial charge on any atom is 0.317 e. The van der Waals surface area contributed by atoms with E-state index in [1.165, 1.54) is 32.1 Å². The van der Waals surface area contributed by atoms with Crippen LogP contribution < -0.4 is 10.5 Å². The Labute approximate surface area is 96.0 Å². The van der Waals surface area contributed by atoms with Crippen molar-refractivity contribution in [2.24, 2.45) is 5.73 Å². The normalized spacial score (nSPS) is 17.6. The second-order valence-electron chi connectivity index (χ2n) is 4.20. The van der Waals surface area contributed by atoms with Crippen molar-refractivity contribution in [1.82, 2.24) is 14.8 Å². The van der Waals surface area contributed by atoms with Gasteiger partial charge in [-0.15, -0.1) is 5.10 Å². The molecule has 5 heteroatoms. The van der Waals surface area contributed by atoms with E-state index in [2.05, 4.69) is 14.8 Å². The molecule has 0 bridgehead atoms. The number of nitrogens with two attached hydrogens (primary N) is 1. The van der Waals surface area contributed by atoms with Crippen molar-refractivity contribution in [3.63, 3.8) is 0 Å². The lowest BCUT2D eigenvalue weighted by atomic mass is 9.95. The molecule has 0 radical (unpaired) electrons. The average Bonchev–Trinajstić information content (AvgIpc) is 2.74. The van der Waals surface area contributed by atoms with Crippen molar-refractivity contribution in [1.29, 1.82) is 0 Å². The van der Waals surface area contributed by atoms with Gasteiger partial charge in [0.15, 0.2) is 0 Å². The first kappa shape index (κ1) is 11.4. The highest BCUT2D eigenvalue weighted by Gasteiger charge is 2.22. The van der Waals surface area contributed by atoms with E-state index >= 15 is 0 Å². The zero-order chi connectivity index (χ0) is 11.4. The van der Waals surface area contributed by atoms with Crippen molar-refractivity contribution in [2.75, 3.05) is 6.61 Å². The number of rotatable bonds is 4. The number of nitrogens with zero attached hydrogens (tertiary/aromatic N) is 3. The molecule has 0 spiro atoms. The second-order valence-corrected chi connectivity index (χ2v) is 4.20. The molecule has 1 aliphatic rings. The zero-order valence-corrected chi connectivity index (χ0v) is 9.85. The van der Waals surface area contributed by atoms with E-state index in [-0.39, 0.29) is 0 Å². The molecular weight excluding hydrogens is 204 g/mol. The average molecular weight is 224 g/mol. The first-order valence-corrected chi connectivity index (χ1v) is 6.13. The number of hydrogen-bond acceptors (Lipinski definition) is 4. The summed E-state index contributed by atoms with van der Waals surface area (Å²) < 4.78 is 7.61. The van der Waals surface area contributed by atoms with Crippen LogP contribution >= 0.6 is 0 Å². The molecule has 2 rings (SSSR count). The highest BCUT2D eigenvalue weighted by atomic mass is 16.5. The maximum absolute atomic E-state index is 5.69. The van der Waals surface area contributed by atoms with Gasteiger partial charge in [0.2, 0.25) is 0 Å². The quantitative estimate of drug-likeness (QED) is 0.844. The molecule has 2 N–H and O–H groups in total. The molecule has 1 aliphatic carbocycles. The predicted molar refractivity (Wildman–Crippen MR) is 61.2 cm³/mol. The van der Waals surface area contributed by atoms with Crippen molar-refractivity contribution >= 4 is 0 Å². The van der Waals surface area contributed by atoms with E-state index in [0.29, 0.717) is 25.2 Å². The lowest BCUT2D eigenvalue weighted by Gasteiger charge is -2.24. The third-order valence-corrected chi connectivity index (χ3v) is 3.13. The van der Waals surface area contributed by atoms with Crippen LogP contribution in [0.4, 0.5) is 0 Å². The van der Waals surface area contributed by atoms with Crippen LogP contribution in [0.15, 0.2) is 0 Å². The molecule has 0 unspecified atom stereocenters. The van der Waals surface area contributed by atoms with Crippen molar-refractivity contribution in [3.05, 3.63) is 5.82 Å². The van der Waals surface area contributed by atoms with Gasteiger partial charge >= 0.3 is 6.01 Å². The molecule has 0 aromatic carbocycles. The summed E-state index contributed by atoms with van der Waals surface area (Å²) in [4.78, 5) is 0. The first-order valence-electron chi connectivity index (χ1n) is 6.13. The maximum atomic E-state index is 5.69. The summed E-state index contributed by atoms with van der Waals surface area (Å²) in [6, 6.07) is 1.11. The highest BCUT2D eigenvalue weighted by Crippen LogP contribution is 2.31. The van der Waals surface area contributed by atoms with Crippen LogP contribution in [-0.2, 0) is 6.54 Å². The Morgan fingerprint density at radius 1 is 1.31 bits per heavy atom. The Morgan fingerprint density at radius 2 is 2.06 bits per heavy atom. The minimum atomic E-state index is 0.427. The Kier molecular flexibility index (Phi) is 3.77. The monoisotopic (exact) mass is 224 g/mol. The summed E-state index contributed by atoms with van der Waals surface area (Å²) >= 11 is 0. The summed E-state index contributed by atoms with van der Waals surface area (Å²) in [5, 5.41) is 8.15. The van der Waals surface area contributed by atoms with Gasteiger partial charge in [-0.05, 0) is 19.8 Å². The Balaban J connectivity index is 2.23. The van der Waals surface area contributed by atoms with E-state index in [4.69, 9.17) is 10.5 Å². The lowest BCUT2D eigenvalue weighted by Crippen LogP contribution is -2.18. The third kappa shape index (κ3) is 2.19. The molecule has 0 saturated heterocycles. The Morgan fingerprint density at radius 3 is 2.69 bits per heavy atom.